The molecule has 0 unspecified atom stereocenters. The third-order valence-electron chi connectivity index (χ3n) is 3.21. The smallest absolute Gasteiger partial charge is 0.302 e. The predicted octanol–water partition coefficient (Wildman–Crippen LogP) is 2.73. The minimum absolute atomic E-state index is 0.199. The van der Waals surface area contributed by atoms with Gasteiger partial charge in [0.2, 0.25) is 0 Å². The first kappa shape index (κ1) is 18.2. The van der Waals surface area contributed by atoms with Crippen molar-refractivity contribution in [3.05, 3.63) is 35.9 Å². The standard InChI is InChI=1S/C17H24O5/c1-14(18)21-12-17(3,13-22-15(2)19)9-10-20-11-16-7-5-4-6-8-16/h4-8H,9-13H2,1-3H3. The van der Waals surface area contributed by atoms with E-state index >= 15 is 0 Å². The van der Waals surface area contributed by atoms with Gasteiger partial charge in [0, 0.05) is 25.9 Å². The van der Waals surface area contributed by atoms with Crippen LogP contribution in [0.2, 0.25) is 0 Å². The lowest BCUT2D eigenvalue weighted by atomic mass is 9.89. The van der Waals surface area contributed by atoms with Crippen molar-refractivity contribution in [2.75, 3.05) is 19.8 Å². The molecule has 0 atom stereocenters. The molecule has 5 heteroatoms. The Labute approximate surface area is 131 Å². The third-order valence-corrected chi connectivity index (χ3v) is 3.21. The van der Waals surface area contributed by atoms with Crippen LogP contribution < -0.4 is 0 Å². The van der Waals surface area contributed by atoms with E-state index < -0.39 is 5.41 Å². The van der Waals surface area contributed by atoms with Gasteiger partial charge >= 0.3 is 11.9 Å². The van der Waals surface area contributed by atoms with Crippen LogP contribution in [0.1, 0.15) is 32.8 Å². The Morgan fingerprint density at radius 2 is 1.55 bits per heavy atom. The molecule has 0 saturated heterocycles. The van der Waals surface area contributed by atoms with Gasteiger partial charge in [-0.1, -0.05) is 37.3 Å². The van der Waals surface area contributed by atoms with E-state index in [4.69, 9.17) is 14.2 Å². The van der Waals surface area contributed by atoms with Crippen molar-refractivity contribution >= 4 is 11.9 Å². The van der Waals surface area contributed by atoms with Gasteiger partial charge in [-0.25, -0.2) is 0 Å². The van der Waals surface area contributed by atoms with E-state index in [1.165, 1.54) is 13.8 Å². The highest BCUT2D eigenvalue weighted by atomic mass is 16.5. The normalized spacial score (nSPS) is 11.0. The van der Waals surface area contributed by atoms with Crippen molar-refractivity contribution in [1.29, 1.82) is 0 Å². The van der Waals surface area contributed by atoms with Crippen molar-refractivity contribution in [1.82, 2.24) is 0 Å². The Kier molecular flexibility index (Phi) is 7.60. The van der Waals surface area contributed by atoms with Gasteiger partial charge in [-0.15, -0.1) is 0 Å². The second-order valence-electron chi connectivity index (χ2n) is 5.66. The number of carbonyl (C=O) groups is 2. The average molecular weight is 308 g/mol. The molecule has 0 amide bonds. The summed E-state index contributed by atoms with van der Waals surface area (Å²) in [6, 6.07) is 9.88. The van der Waals surface area contributed by atoms with Crippen LogP contribution in [-0.2, 0) is 30.4 Å². The highest BCUT2D eigenvalue weighted by molar-refractivity contribution is 5.66. The van der Waals surface area contributed by atoms with Crippen LogP contribution in [0.25, 0.3) is 0 Å². The van der Waals surface area contributed by atoms with Gasteiger partial charge in [0.05, 0.1) is 19.8 Å². The summed E-state index contributed by atoms with van der Waals surface area (Å²) in [5.41, 5.74) is 0.651. The van der Waals surface area contributed by atoms with Crippen LogP contribution in [0.15, 0.2) is 30.3 Å². The minimum atomic E-state index is -0.450. The molecule has 22 heavy (non-hydrogen) atoms. The molecule has 0 aliphatic rings. The van der Waals surface area contributed by atoms with Crippen LogP contribution in [0.5, 0.6) is 0 Å². The molecule has 0 N–H and O–H groups in total. The fraction of sp³-hybridized carbons (Fsp3) is 0.529. The van der Waals surface area contributed by atoms with E-state index in [9.17, 15) is 9.59 Å². The maximum atomic E-state index is 11.0. The van der Waals surface area contributed by atoms with Crippen molar-refractivity contribution in [2.45, 2.75) is 33.8 Å². The number of carbonyl (C=O) groups excluding carboxylic acids is 2. The molecule has 0 bridgehead atoms. The summed E-state index contributed by atoms with van der Waals surface area (Å²) >= 11 is 0. The molecule has 0 fully saturated rings. The molecule has 0 aromatic heterocycles. The van der Waals surface area contributed by atoms with Crippen molar-refractivity contribution in [3.63, 3.8) is 0 Å². The first-order valence-electron chi connectivity index (χ1n) is 7.30. The van der Waals surface area contributed by atoms with Crippen LogP contribution in [0.4, 0.5) is 0 Å². The second kappa shape index (κ2) is 9.20. The first-order valence-corrected chi connectivity index (χ1v) is 7.30. The van der Waals surface area contributed by atoms with Crippen molar-refractivity contribution in [3.8, 4) is 0 Å². The van der Waals surface area contributed by atoms with E-state index in [-0.39, 0.29) is 25.2 Å². The molecule has 5 nitrogen and oxygen atoms in total. The van der Waals surface area contributed by atoms with Gasteiger partial charge in [-0.3, -0.25) is 9.59 Å². The highest BCUT2D eigenvalue weighted by Crippen LogP contribution is 2.23. The van der Waals surface area contributed by atoms with Gasteiger partial charge in [-0.05, 0) is 12.0 Å². The maximum absolute atomic E-state index is 11.0. The topological polar surface area (TPSA) is 61.8 Å². The van der Waals surface area contributed by atoms with E-state index in [1.54, 1.807) is 0 Å². The molecule has 0 heterocycles. The third kappa shape index (κ3) is 7.78. The molecule has 122 valence electrons. The van der Waals surface area contributed by atoms with E-state index in [0.29, 0.717) is 19.6 Å². The lowest BCUT2D eigenvalue weighted by Gasteiger charge is -2.28. The molecular weight excluding hydrogens is 284 g/mol. The van der Waals surface area contributed by atoms with Crippen molar-refractivity contribution < 1.29 is 23.8 Å². The zero-order valence-corrected chi connectivity index (χ0v) is 13.5. The number of esters is 2. The van der Waals surface area contributed by atoms with Crippen LogP contribution in [0, 0.1) is 5.41 Å². The lowest BCUT2D eigenvalue weighted by molar-refractivity contribution is -0.151. The Morgan fingerprint density at radius 1 is 1.00 bits per heavy atom. The predicted molar refractivity (Wildman–Crippen MR) is 82.1 cm³/mol. The van der Waals surface area contributed by atoms with E-state index in [0.717, 1.165) is 5.56 Å². The number of rotatable bonds is 9. The fourth-order valence-corrected chi connectivity index (χ4v) is 1.82. The number of benzene rings is 1. The van der Waals surface area contributed by atoms with Crippen LogP contribution >= 0.6 is 0 Å². The lowest BCUT2D eigenvalue weighted by Crippen LogP contribution is -2.32. The second-order valence-corrected chi connectivity index (χ2v) is 5.66. The zero-order valence-electron chi connectivity index (χ0n) is 13.5. The van der Waals surface area contributed by atoms with Gasteiger partial charge < -0.3 is 14.2 Å². The Hall–Kier alpha value is -1.88. The molecule has 0 aliphatic carbocycles. The number of hydrogen-bond acceptors (Lipinski definition) is 5. The summed E-state index contributed by atoms with van der Waals surface area (Å²) in [5.74, 6) is -0.696. The van der Waals surface area contributed by atoms with Crippen LogP contribution in [0.3, 0.4) is 0 Å². The first-order chi connectivity index (χ1) is 10.4. The highest BCUT2D eigenvalue weighted by Gasteiger charge is 2.27. The monoisotopic (exact) mass is 308 g/mol. The molecule has 1 aromatic carbocycles. The van der Waals surface area contributed by atoms with E-state index in [1.807, 2.05) is 37.3 Å². The summed E-state index contributed by atoms with van der Waals surface area (Å²) in [6.07, 6.45) is 0.625. The molecule has 0 radical (unpaired) electrons. The summed E-state index contributed by atoms with van der Waals surface area (Å²) in [6.45, 7) is 6.04. The Morgan fingerprint density at radius 3 is 2.05 bits per heavy atom. The molecule has 1 rings (SSSR count). The van der Waals surface area contributed by atoms with Gasteiger partial charge in [0.25, 0.3) is 0 Å². The van der Waals surface area contributed by atoms with Gasteiger partial charge in [0.15, 0.2) is 0 Å². The summed E-state index contributed by atoms with van der Waals surface area (Å²) in [4.78, 5) is 22.0. The SMILES string of the molecule is CC(=O)OCC(C)(CCOCc1ccccc1)COC(C)=O. The number of ether oxygens (including phenoxy) is 3. The summed E-state index contributed by atoms with van der Waals surface area (Å²) in [5, 5.41) is 0. The van der Waals surface area contributed by atoms with Gasteiger partial charge in [-0.2, -0.15) is 0 Å². The van der Waals surface area contributed by atoms with Gasteiger partial charge in [0.1, 0.15) is 0 Å². The maximum Gasteiger partial charge on any atom is 0.302 e. The van der Waals surface area contributed by atoms with Crippen molar-refractivity contribution in [2.24, 2.45) is 5.41 Å². The van der Waals surface area contributed by atoms with Crippen LogP contribution in [-0.4, -0.2) is 31.8 Å². The molecular formula is C17H24O5. The summed E-state index contributed by atoms with van der Waals surface area (Å²) in [7, 11) is 0. The average Bonchev–Trinajstić information content (AvgIpc) is 2.49. The Bertz CT molecular complexity index is 451. The fourth-order valence-electron chi connectivity index (χ4n) is 1.82. The summed E-state index contributed by atoms with van der Waals surface area (Å²) < 4.78 is 15.8. The number of hydrogen-bond donors (Lipinski definition) is 0. The minimum Gasteiger partial charge on any atom is -0.465 e. The van der Waals surface area contributed by atoms with E-state index in [2.05, 4.69) is 0 Å². The largest absolute Gasteiger partial charge is 0.465 e. The molecule has 0 aliphatic heterocycles. The Balaban J connectivity index is 2.41. The molecule has 0 spiro atoms. The quantitative estimate of drug-likeness (QED) is 0.518. The zero-order chi connectivity index (χ0) is 16.4. The molecule has 0 saturated carbocycles. The molecule has 1 aromatic rings.